The topological polar surface area (TPSA) is 56.3 Å². The largest absolute Gasteiger partial charge is 0.466 e. The second kappa shape index (κ2) is 5.29. The quantitative estimate of drug-likeness (QED) is 0.751. The van der Waals surface area contributed by atoms with Gasteiger partial charge in [-0.15, -0.1) is 0 Å². The van der Waals surface area contributed by atoms with Crippen LogP contribution in [0.25, 0.3) is 0 Å². The first kappa shape index (κ1) is 12.7. The highest BCUT2D eigenvalue weighted by atomic mass is 16.5. The predicted octanol–water partition coefficient (Wildman–Crippen LogP) is 2.16. The van der Waals surface area contributed by atoms with E-state index in [1.165, 1.54) is 0 Å². The molecule has 1 heterocycles. The fourth-order valence-corrected chi connectivity index (χ4v) is 1.95. The normalized spacial score (nSPS) is 20.7. The number of nitrogens with zero attached hydrogens (tertiary/aromatic N) is 1. The summed E-state index contributed by atoms with van der Waals surface area (Å²) in [6.45, 7) is 3.88. The number of hydrogen-bond donors (Lipinski definition) is 0. The molecule has 1 unspecified atom stereocenters. The van der Waals surface area contributed by atoms with Gasteiger partial charge in [0, 0.05) is 31.0 Å². The zero-order valence-corrected chi connectivity index (χ0v) is 10.7. The number of ether oxygens (including phenoxy) is 1. The lowest BCUT2D eigenvalue weighted by atomic mass is 10.1. The molecule has 4 nitrogen and oxygen atoms in total. The Hall–Kier alpha value is -1.71. The van der Waals surface area contributed by atoms with Crippen LogP contribution in [0.3, 0.4) is 0 Å². The second-order valence-corrected chi connectivity index (χ2v) is 4.70. The van der Waals surface area contributed by atoms with E-state index in [1.54, 1.807) is 6.07 Å². The van der Waals surface area contributed by atoms with Crippen LogP contribution in [0.5, 0.6) is 5.88 Å². The van der Waals surface area contributed by atoms with E-state index < -0.39 is 6.10 Å². The standard InChI is InChI=1S/C14H17NO3/c1-9-3-8-14(15-10(9)2)18-13-7-5-11(16)4-6-12(13)17/h3,8,13H,4-7H2,1-2H3. The summed E-state index contributed by atoms with van der Waals surface area (Å²) >= 11 is 0. The van der Waals surface area contributed by atoms with Crippen molar-refractivity contribution in [1.82, 2.24) is 4.98 Å². The number of aromatic nitrogens is 1. The van der Waals surface area contributed by atoms with E-state index in [2.05, 4.69) is 4.98 Å². The van der Waals surface area contributed by atoms with Gasteiger partial charge in [0.1, 0.15) is 5.78 Å². The highest BCUT2D eigenvalue weighted by Crippen LogP contribution is 2.19. The summed E-state index contributed by atoms with van der Waals surface area (Å²) in [6, 6.07) is 3.69. The van der Waals surface area contributed by atoms with Crippen LogP contribution < -0.4 is 4.74 Å². The number of carbonyl (C=O) groups excluding carboxylic acids is 2. The van der Waals surface area contributed by atoms with Gasteiger partial charge in [-0.1, -0.05) is 6.07 Å². The highest BCUT2D eigenvalue weighted by Gasteiger charge is 2.25. The van der Waals surface area contributed by atoms with Crippen molar-refractivity contribution < 1.29 is 14.3 Å². The third-order valence-electron chi connectivity index (χ3n) is 3.28. The summed E-state index contributed by atoms with van der Waals surface area (Å²) in [6.07, 6.45) is 0.993. The average molecular weight is 247 g/mol. The van der Waals surface area contributed by atoms with Gasteiger partial charge in [-0.3, -0.25) is 9.59 Å². The van der Waals surface area contributed by atoms with E-state index in [0.717, 1.165) is 11.3 Å². The molecule has 18 heavy (non-hydrogen) atoms. The zero-order valence-electron chi connectivity index (χ0n) is 10.7. The van der Waals surface area contributed by atoms with Gasteiger partial charge in [0.15, 0.2) is 11.9 Å². The summed E-state index contributed by atoms with van der Waals surface area (Å²) in [5, 5.41) is 0. The molecule has 96 valence electrons. The fourth-order valence-electron chi connectivity index (χ4n) is 1.95. The molecule has 0 aliphatic heterocycles. The number of ketones is 2. The van der Waals surface area contributed by atoms with Gasteiger partial charge in [0.05, 0.1) is 0 Å². The number of carbonyl (C=O) groups is 2. The molecule has 0 bridgehead atoms. The molecule has 1 aliphatic carbocycles. The second-order valence-electron chi connectivity index (χ2n) is 4.70. The smallest absolute Gasteiger partial charge is 0.214 e. The van der Waals surface area contributed by atoms with Gasteiger partial charge in [0.25, 0.3) is 0 Å². The molecule has 1 saturated carbocycles. The average Bonchev–Trinajstić information content (AvgIpc) is 2.49. The number of hydrogen-bond acceptors (Lipinski definition) is 4. The molecule has 0 spiro atoms. The summed E-state index contributed by atoms with van der Waals surface area (Å²) in [4.78, 5) is 27.4. The molecule has 1 atom stereocenters. The molecule has 1 fully saturated rings. The molecule has 0 N–H and O–H groups in total. The van der Waals surface area contributed by atoms with E-state index in [4.69, 9.17) is 4.74 Å². The monoisotopic (exact) mass is 247 g/mol. The Morgan fingerprint density at radius 1 is 1.17 bits per heavy atom. The maximum Gasteiger partial charge on any atom is 0.214 e. The first-order chi connectivity index (χ1) is 8.56. The lowest BCUT2D eigenvalue weighted by molar-refractivity contribution is -0.126. The van der Waals surface area contributed by atoms with Crippen LogP contribution in [-0.4, -0.2) is 22.7 Å². The summed E-state index contributed by atoms with van der Waals surface area (Å²) in [7, 11) is 0. The Labute approximate surface area is 106 Å². The molecule has 0 amide bonds. The van der Waals surface area contributed by atoms with Crippen molar-refractivity contribution in [2.45, 2.75) is 45.6 Å². The van der Waals surface area contributed by atoms with Crippen molar-refractivity contribution in [3.05, 3.63) is 23.4 Å². The van der Waals surface area contributed by atoms with Crippen molar-refractivity contribution in [2.75, 3.05) is 0 Å². The SMILES string of the molecule is Cc1ccc(OC2CCC(=O)CCC2=O)nc1C. The molecule has 1 aromatic rings. The Bertz CT molecular complexity index is 482. The van der Waals surface area contributed by atoms with Crippen LogP contribution in [0, 0.1) is 13.8 Å². The Morgan fingerprint density at radius 3 is 2.67 bits per heavy atom. The minimum absolute atomic E-state index is 0.000813. The first-order valence-corrected chi connectivity index (χ1v) is 6.21. The van der Waals surface area contributed by atoms with E-state index in [1.807, 2.05) is 19.9 Å². The minimum Gasteiger partial charge on any atom is -0.466 e. The van der Waals surface area contributed by atoms with Crippen LogP contribution in [-0.2, 0) is 9.59 Å². The van der Waals surface area contributed by atoms with Crippen molar-refractivity contribution in [1.29, 1.82) is 0 Å². The molecule has 2 rings (SSSR count). The molecular weight excluding hydrogens is 230 g/mol. The van der Waals surface area contributed by atoms with Crippen molar-refractivity contribution in [3.63, 3.8) is 0 Å². The molecule has 1 aromatic heterocycles. The molecule has 4 heteroatoms. The summed E-state index contributed by atoms with van der Waals surface area (Å²) in [5.41, 5.74) is 1.98. The Kier molecular flexibility index (Phi) is 3.75. The number of rotatable bonds is 2. The van der Waals surface area contributed by atoms with Gasteiger partial charge < -0.3 is 4.74 Å². The maximum absolute atomic E-state index is 11.8. The third-order valence-corrected chi connectivity index (χ3v) is 3.28. The number of pyridine rings is 1. The summed E-state index contributed by atoms with van der Waals surface area (Å²) in [5.74, 6) is 0.606. The molecule has 1 aliphatic rings. The zero-order chi connectivity index (χ0) is 13.1. The van der Waals surface area contributed by atoms with Crippen LogP contribution in [0.15, 0.2) is 12.1 Å². The first-order valence-electron chi connectivity index (χ1n) is 6.21. The Morgan fingerprint density at radius 2 is 1.94 bits per heavy atom. The van der Waals surface area contributed by atoms with Crippen LogP contribution in [0.2, 0.25) is 0 Å². The fraction of sp³-hybridized carbons (Fsp3) is 0.500. The predicted molar refractivity (Wildman–Crippen MR) is 66.6 cm³/mol. The number of Topliss-reactive ketones (excluding diaryl/α,β-unsaturated/α-hetero) is 2. The number of aryl methyl sites for hydroxylation is 2. The van der Waals surface area contributed by atoms with Gasteiger partial charge >= 0.3 is 0 Å². The molecule has 0 radical (unpaired) electrons. The van der Waals surface area contributed by atoms with E-state index in [0.29, 0.717) is 25.1 Å². The van der Waals surface area contributed by atoms with Gasteiger partial charge in [0.2, 0.25) is 5.88 Å². The molecule has 0 aromatic carbocycles. The molecule has 0 saturated heterocycles. The van der Waals surface area contributed by atoms with Crippen LogP contribution >= 0.6 is 0 Å². The minimum atomic E-state index is -0.522. The van der Waals surface area contributed by atoms with Crippen molar-refractivity contribution >= 4 is 11.6 Å². The molecular formula is C14H17NO3. The Balaban J connectivity index is 2.09. The van der Waals surface area contributed by atoms with Gasteiger partial charge in [-0.25, -0.2) is 4.98 Å². The van der Waals surface area contributed by atoms with Crippen molar-refractivity contribution in [2.24, 2.45) is 0 Å². The van der Waals surface area contributed by atoms with Gasteiger partial charge in [-0.2, -0.15) is 0 Å². The van der Waals surface area contributed by atoms with E-state index >= 15 is 0 Å². The van der Waals surface area contributed by atoms with Crippen LogP contribution in [0.4, 0.5) is 0 Å². The highest BCUT2D eigenvalue weighted by molar-refractivity contribution is 5.91. The van der Waals surface area contributed by atoms with Crippen LogP contribution in [0.1, 0.15) is 36.9 Å². The van der Waals surface area contributed by atoms with E-state index in [-0.39, 0.29) is 18.0 Å². The third kappa shape index (κ3) is 2.94. The lowest BCUT2D eigenvalue weighted by Gasteiger charge is -2.15. The summed E-state index contributed by atoms with van der Waals surface area (Å²) < 4.78 is 5.62. The van der Waals surface area contributed by atoms with Gasteiger partial charge in [-0.05, 0) is 25.8 Å². The lowest BCUT2D eigenvalue weighted by Crippen LogP contribution is -2.26. The van der Waals surface area contributed by atoms with Crippen molar-refractivity contribution in [3.8, 4) is 5.88 Å². The van der Waals surface area contributed by atoms with E-state index in [9.17, 15) is 9.59 Å². The maximum atomic E-state index is 11.8.